The number of para-hydroxylation sites is 1. The average molecular weight is 434 g/mol. The van der Waals surface area contributed by atoms with Crippen molar-refractivity contribution in [1.82, 2.24) is 5.43 Å². The van der Waals surface area contributed by atoms with E-state index in [-0.39, 0.29) is 28.3 Å². The van der Waals surface area contributed by atoms with E-state index in [1.54, 1.807) is 12.1 Å². The van der Waals surface area contributed by atoms with Crippen LogP contribution in [0.4, 0.5) is 11.4 Å². The Kier molecular flexibility index (Phi) is 6.61. The molecule has 0 bridgehead atoms. The van der Waals surface area contributed by atoms with E-state index in [0.29, 0.717) is 5.56 Å². The molecule has 0 heterocycles. The quantitative estimate of drug-likeness (QED) is 0.196. The van der Waals surface area contributed by atoms with Gasteiger partial charge in [0.25, 0.3) is 17.3 Å². The molecule has 0 aliphatic heterocycles. The van der Waals surface area contributed by atoms with Crippen molar-refractivity contribution in [2.75, 3.05) is 0 Å². The van der Waals surface area contributed by atoms with Crippen molar-refractivity contribution in [3.63, 3.8) is 0 Å². The lowest BCUT2D eigenvalue weighted by Crippen LogP contribution is -2.17. The van der Waals surface area contributed by atoms with Crippen molar-refractivity contribution in [2.24, 2.45) is 5.10 Å². The Balaban J connectivity index is 1.61. The number of rotatable bonds is 7. The Hall–Kier alpha value is -4.93. The smallest absolute Gasteiger partial charge is 0.350 e. The summed E-state index contributed by atoms with van der Waals surface area (Å²) in [7, 11) is 0. The van der Waals surface area contributed by atoms with Gasteiger partial charge < -0.3 is 4.74 Å². The van der Waals surface area contributed by atoms with Crippen LogP contribution in [0.1, 0.15) is 26.3 Å². The molecule has 0 atom stereocenters. The molecule has 11 heteroatoms. The first-order valence-corrected chi connectivity index (χ1v) is 8.98. The lowest BCUT2D eigenvalue weighted by atomic mass is 10.2. The van der Waals surface area contributed by atoms with E-state index in [4.69, 9.17) is 4.74 Å². The number of carbonyl (C=O) groups is 2. The first-order chi connectivity index (χ1) is 15.3. The third-order valence-corrected chi connectivity index (χ3v) is 4.11. The number of amides is 1. The van der Waals surface area contributed by atoms with E-state index in [9.17, 15) is 29.8 Å². The van der Waals surface area contributed by atoms with E-state index in [1.165, 1.54) is 60.8 Å². The lowest BCUT2D eigenvalue weighted by molar-refractivity contribution is -0.385. The Morgan fingerprint density at radius 3 is 2.31 bits per heavy atom. The molecule has 1 N–H and O–H groups in total. The molecule has 3 aromatic rings. The van der Waals surface area contributed by atoms with Crippen LogP contribution in [-0.2, 0) is 0 Å². The molecule has 0 unspecified atom stereocenters. The summed E-state index contributed by atoms with van der Waals surface area (Å²) >= 11 is 0. The van der Waals surface area contributed by atoms with E-state index in [0.717, 1.165) is 6.07 Å². The highest BCUT2D eigenvalue weighted by Gasteiger charge is 2.21. The zero-order valence-electron chi connectivity index (χ0n) is 16.2. The van der Waals surface area contributed by atoms with Crippen molar-refractivity contribution in [1.29, 1.82) is 0 Å². The molecule has 0 saturated heterocycles. The standard InChI is InChI=1S/C21H14N4O7/c26-20(15-4-3-5-16(12-15)24(28)29)23-22-13-14-8-10-17(11-9-14)32-21(27)18-6-1-2-7-19(18)25(30)31/h1-13H,(H,23,26)/b22-13-. The van der Waals surface area contributed by atoms with Crippen LogP contribution in [-0.4, -0.2) is 27.9 Å². The molecular weight excluding hydrogens is 420 g/mol. The fraction of sp³-hybridized carbons (Fsp3) is 0. The molecule has 32 heavy (non-hydrogen) atoms. The summed E-state index contributed by atoms with van der Waals surface area (Å²) in [6.45, 7) is 0. The minimum absolute atomic E-state index is 0.0774. The maximum atomic E-state index is 12.2. The van der Waals surface area contributed by atoms with Crippen molar-refractivity contribution in [3.05, 3.63) is 110 Å². The van der Waals surface area contributed by atoms with Gasteiger partial charge in [0.05, 0.1) is 16.1 Å². The van der Waals surface area contributed by atoms with Crippen molar-refractivity contribution in [2.45, 2.75) is 0 Å². The number of nitrogens with one attached hydrogen (secondary N) is 1. The molecule has 0 radical (unpaired) electrons. The number of ether oxygens (including phenoxy) is 1. The van der Waals surface area contributed by atoms with Crippen LogP contribution in [0.5, 0.6) is 5.75 Å². The van der Waals surface area contributed by atoms with Crippen LogP contribution < -0.4 is 10.2 Å². The van der Waals surface area contributed by atoms with Crippen molar-refractivity contribution >= 4 is 29.5 Å². The Bertz CT molecular complexity index is 1220. The Morgan fingerprint density at radius 2 is 1.62 bits per heavy atom. The molecule has 0 fully saturated rings. The average Bonchev–Trinajstić information content (AvgIpc) is 2.80. The number of carbonyl (C=O) groups excluding carboxylic acids is 2. The highest BCUT2D eigenvalue weighted by Crippen LogP contribution is 2.20. The topological polar surface area (TPSA) is 154 Å². The van der Waals surface area contributed by atoms with Gasteiger partial charge in [0.15, 0.2) is 0 Å². The van der Waals surface area contributed by atoms with Gasteiger partial charge in [-0.25, -0.2) is 10.2 Å². The second kappa shape index (κ2) is 9.71. The summed E-state index contributed by atoms with van der Waals surface area (Å²) in [5.74, 6) is -1.34. The molecule has 0 aliphatic rings. The number of hydrogen-bond donors (Lipinski definition) is 1. The first-order valence-electron chi connectivity index (χ1n) is 8.98. The molecule has 1 amide bonds. The van der Waals surface area contributed by atoms with Gasteiger partial charge >= 0.3 is 5.97 Å². The number of hydrogen-bond acceptors (Lipinski definition) is 8. The maximum absolute atomic E-state index is 12.2. The summed E-state index contributed by atoms with van der Waals surface area (Å²) in [4.78, 5) is 44.8. The van der Waals surface area contributed by atoms with Crippen LogP contribution in [0.15, 0.2) is 77.9 Å². The van der Waals surface area contributed by atoms with Crippen LogP contribution in [0, 0.1) is 20.2 Å². The molecule has 3 aromatic carbocycles. The fourth-order valence-electron chi connectivity index (χ4n) is 2.58. The second-order valence-corrected chi connectivity index (χ2v) is 6.24. The van der Waals surface area contributed by atoms with E-state index in [1.807, 2.05) is 0 Å². The highest BCUT2D eigenvalue weighted by atomic mass is 16.6. The zero-order valence-corrected chi connectivity index (χ0v) is 16.2. The third-order valence-electron chi connectivity index (χ3n) is 4.11. The number of hydrazone groups is 1. The molecule has 0 aliphatic carbocycles. The highest BCUT2D eigenvalue weighted by molar-refractivity contribution is 5.96. The van der Waals surface area contributed by atoms with E-state index < -0.39 is 21.7 Å². The van der Waals surface area contributed by atoms with Gasteiger partial charge in [-0.3, -0.25) is 25.0 Å². The van der Waals surface area contributed by atoms with Gasteiger partial charge in [-0.2, -0.15) is 5.10 Å². The minimum atomic E-state index is -0.872. The fourth-order valence-corrected chi connectivity index (χ4v) is 2.58. The summed E-state index contributed by atoms with van der Waals surface area (Å²) < 4.78 is 5.16. The van der Waals surface area contributed by atoms with Crippen molar-refractivity contribution < 1.29 is 24.2 Å². The number of nitro benzene ring substituents is 2. The summed E-state index contributed by atoms with van der Waals surface area (Å²) in [5, 5.41) is 25.6. The number of nitrogens with zero attached hydrogens (tertiary/aromatic N) is 3. The zero-order chi connectivity index (χ0) is 23.1. The molecule has 0 saturated carbocycles. The largest absolute Gasteiger partial charge is 0.423 e. The first kappa shape index (κ1) is 21.8. The second-order valence-electron chi connectivity index (χ2n) is 6.24. The van der Waals surface area contributed by atoms with Gasteiger partial charge in [0.2, 0.25) is 0 Å². The summed E-state index contributed by atoms with van der Waals surface area (Å²) in [6, 6.07) is 16.6. The van der Waals surface area contributed by atoms with Gasteiger partial charge in [0, 0.05) is 23.8 Å². The monoisotopic (exact) mass is 434 g/mol. The van der Waals surface area contributed by atoms with Gasteiger partial charge in [-0.1, -0.05) is 18.2 Å². The maximum Gasteiger partial charge on any atom is 0.350 e. The normalized spacial score (nSPS) is 10.5. The molecule has 160 valence electrons. The van der Waals surface area contributed by atoms with Crippen LogP contribution in [0.3, 0.4) is 0 Å². The minimum Gasteiger partial charge on any atom is -0.423 e. The van der Waals surface area contributed by atoms with E-state index >= 15 is 0 Å². The van der Waals surface area contributed by atoms with Crippen LogP contribution >= 0.6 is 0 Å². The predicted molar refractivity (Wildman–Crippen MR) is 113 cm³/mol. The van der Waals surface area contributed by atoms with E-state index in [2.05, 4.69) is 10.5 Å². The predicted octanol–water partition coefficient (Wildman–Crippen LogP) is 3.49. The number of benzene rings is 3. The lowest BCUT2D eigenvalue weighted by Gasteiger charge is -2.05. The molecule has 3 rings (SSSR count). The van der Waals surface area contributed by atoms with Crippen LogP contribution in [0.2, 0.25) is 0 Å². The van der Waals surface area contributed by atoms with Gasteiger partial charge in [-0.05, 0) is 42.0 Å². The van der Waals surface area contributed by atoms with Crippen LogP contribution in [0.25, 0.3) is 0 Å². The number of non-ortho nitro benzene ring substituents is 1. The molecule has 0 aromatic heterocycles. The molecule has 0 spiro atoms. The van der Waals surface area contributed by atoms with Gasteiger partial charge in [-0.15, -0.1) is 0 Å². The summed E-state index contributed by atoms with van der Waals surface area (Å²) in [6.07, 6.45) is 1.32. The van der Waals surface area contributed by atoms with Crippen molar-refractivity contribution in [3.8, 4) is 5.75 Å². The SMILES string of the molecule is O=C(N/N=C\c1ccc(OC(=O)c2ccccc2[N+](=O)[O-])cc1)c1cccc([N+](=O)[O-])c1. The summed E-state index contributed by atoms with van der Waals surface area (Å²) in [5.41, 5.74) is 2.14. The Morgan fingerprint density at radius 1 is 0.906 bits per heavy atom. The number of esters is 1. The van der Waals surface area contributed by atoms with Gasteiger partial charge in [0.1, 0.15) is 11.3 Å². The number of nitro groups is 2. The third kappa shape index (κ3) is 5.36. The molecule has 11 nitrogen and oxygen atoms in total. The molecular formula is C21H14N4O7. The Labute approximate surface area is 180 Å².